The Morgan fingerprint density at radius 3 is 2.77 bits per heavy atom. The Morgan fingerprint density at radius 1 is 1.41 bits per heavy atom. The number of hydrogen-bond donors (Lipinski definition) is 1. The number of nitrogens with zero attached hydrogens (tertiary/aromatic N) is 2. The highest BCUT2D eigenvalue weighted by Gasteiger charge is 2.36. The van der Waals surface area contributed by atoms with Gasteiger partial charge in [-0.05, 0) is 41.9 Å². The summed E-state index contributed by atoms with van der Waals surface area (Å²) in [6, 6.07) is 6.22. The van der Waals surface area contributed by atoms with Gasteiger partial charge in [0.05, 0.1) is 11.3 Å². The summed E-state index contributed by atoms with van der Waals surface area (Å²) in [6.07, 6.45) is 2.88. The lowest BCUT2D eigenvalue weighted by molar-refractivity contribution is 0.102. The van der Waals surface area contributed by atoms with Gasteiger partial charge in [-0.25, -0.2) is 0 Å². The molecule has 1 atom stereocenters. The van der Waals surface area contributed by atoms with Crippen LogP contribution in [0, 0.1) is 6.92 Å². The molecule has 0 saturated heterocycles. The summed E-state index contributed by atoms with van der Waals surface area (Å²) in [5.74, 6) is 0.368. The summed E-state index contributed by atoms with van der Waals surface area (Å²) >= 11 is 0. The lowest BCUT2D eigenvalue weighted by Gasteiger charge is -2.19. The first-order valence-corrected chi connectivity index (χ1v) is 7.74. The van der Waals surface area contributed by atoms with Crippen LogP contribution in [0.15, 0.2) is 24.4 Å². The molecule has 22 heavy (non-hydrogen) atoms. The van der Waals surface area contributed by atoms with Gasteiger partial charge < -0.3 is 5.32 Å². The molecule has 0 saturated carbocycles. The lowest BCUT2D eigenvalue weighted by atomic mass is 9.86. The van der Waals surface area contributed by atoms with E-state index in [1.165, 1.54) is 11.1 Å². The Kier molecular flexibility index (Phi) is 3.35. The molecule has 0 bridgehead atoms. The third-order valence-corrected chi connectivity index (χ3v) is 4.65. The molecular formula is C18H23N3O. The van der Waals surface area contributed by atoms with Gasteiger partial charge in [0.1, 0.15) is 0 Å². The van der Waals surface area contributed by atoms with E-state index in [1.807, 2.05) is 26.1 Å². The van der Waals surface area contributed by atoms with Crippen LogP contribution in [0.1, 0.15) is 60.3 Å². The normalized spacial score (nSPS) is 19.0. The SMILES string of the molecule is Cc1nn(C)cc1C(=O)Nc1cccc2c1C(C)CC2(C)C. The van der Waals surface area contributed by atoms with E-state index in [9.17, 15) is 4.79 Å². The second kappa shape index (κ2) is 4.97. The Bertz CT molecular complexity index is 743. The summed E-state index contributed by atoms with van der Waals surface area (Å²) in [7, 11) is 1.83. The van der Waals surface area contributed by atoms with Gasteiger partial charge in [0.2, 0.25) is 0 Å². The summed E-state index contributed by atoms with van der Waals surface area (Å²) in [5.41, 5.74) is 5.11. The quantitative estimate of drug-likeness (QED) is 0.917. The van der Waals surface area contributed by atoms with Crippen LogP contribution in [0.3, 0.4) is 0 Å². The van der Waals surface area contributed by atoms with Crippen molar-refractivity contribution in [2.45, 2.75) is 45.4 Å². The zero-order valence-corrected chi connectivity index (χ0v) is 13.9. The Balaban J connectivity index is 1.96. The fraction of sp³-hybridized carbons (Fsp3) is 0.444. The van der Waals surface area contributed by atoms with E-state index >= 15 is 0 Å². The fourth-order valence-corrected chi connectivity index (χ4v) is 3.78. The summed E-state index contributed by atoms with van der Waals surface area (Å²) < 4.78 is 1.67. The number of rotatable bonds is 2. The van der Waals surface area contributed by atoms with Gasteiger partial charge in [-0.1, -0.05) is 32.9 Å². The standard InChI is InChI=1S/C18H23N3O/c1-11-9-18(3,4)14-7-6-8-15(16(11)14)19-17(22)13-10-21(5)20-12(13)2/h6-8,10-11H,9H2,1-5H3,(H,19,22). The van der Waals surface area contributed by atoms with Crippen molar-refractivity contribution in [2.24, 2.45) is 7.05 Å². The van der Waals surface area contributed by atoms with Gasteiger partial charge in [0.25, 0.3) is 5.91 Å². The molecule has 0 radical (unpaired) electrons. The highest BCUT2D eigenvalue weighted by molar-refractivity contribution is 6.05. The Morgan fingerprint density at radius 2 is 2.14 bits per heavy atom. The molecule has 1 amide bonds. The van der Waals surface area contributed by atoms with E-state index in [1.54, 1.807) is 10.9 Å². The van der Waals surface area contributed by atoms with Crippen LogP contribution in [0.4, 0.5) is 5.69 Å². The number of nitrogens with one attached hydrogen (secondary N) is 1. The first-order valence-electron chi connectivity index (χ1n) is 7.74. The molecular weight excluding hydrogens is 274 g/mol. The Labute approximate surface area is 131 Å². The van der Waals surface area contributed by atoms with Crippen molar-refractivity contribution in [1.29, 1.82) is 0 Å². The van der Waals surface area contributed by atoms with E-state index in [0.717, 1.165) is 17.8 Å². The molecule has 4 heteroatoms. The van der Waals surface area contributed by atoms with Crippen LogP contribution in [0.25, 0.3) is 0 Å². The molecule has 4 nitrogen and oxygen atoms in total. The van der Waals surface area contributed by atoms with Crippen molar-refractivity contribution in [3.8, 4) is 0 Å². The van der Waals surface area contributed by atoms with E-state index in [-0.39, 0.29) is 11.3 Å². The van der Waals surface area contributed by atoms with Crippen molar-refractivity contribution >= 4 is 11.6 Å². The minimum Gasteiger partial charge on any atom is -0.322 e. The number of carbonyl (C=O) groups excluding carboxylic acids is 1. The Hall–Kier alpha value is -2.10. The van der Waals surface area contributed by atoms with Crippen LogP contribution in [0.2, 0.25) is 0 Å². The van der Waals surface area contributed by atoms with Crippen molar-refractivity contribution in [2.75, 3.05) is 5.32 Å². The number of aromatic nitrogens is 2. The van der Waals surface area contributed by atoms with Gasteiger partial charge in [-0.2, -0.15) is 5.10 Å². The molecule has 2 aromatic rings. The topological polar surface area (TPSA) is 46.9 Å². The van der Waals surface area contributed by atoms with Crippen molar-refractivity contribution in [3.05, 3.63) is 46.8 Å². The van der Waals surface area contributed by atoms with Crippen LogP contribution < -0.4 is 5.32 Å². The molecule has 1 aliphatic carbocycles. The molecule has 1 aliphatic rings. The van der Waals surface area contributed by atoms with Gasteiger partial charge in [0, 0.05) is 18.9 Å². The van der Waals surface area contributed by atoms with E-state index in [4.69, 9.17) is 0 Å². The van der Waals surface area contributed by atoms with Crippen LogP contribution in [-0.4, -0.2) is 15.7 Å². The number of anilines is 1. The van der Waals surface area contributed by atoms with Crippen molar-refractivity contribution in [1.82, 2.24) is 9.78 Å². The number of amides is 1. The van der Waals surface area contributed by atoms with E-state index < -0.39 is 0 Å². The average Bonchev–Trinajstić information content (AvgIpc) is 2.87. The lowest BCUT2D eigenvalue weighted by Crippen LogP contribution is -2.15. The molecule has 1 aromatic heterocycles. The van der Waals surface area contributed by atoms with Crippen LogP contribution >= 0.6 is 0 Å². The van der Waals surface area contributed by atoms with Crippen LogP contribution in [-0.2, 0) is 12.5 Å². The highest BCUT2D eigenvalue weighted by atomic mass is 16.1. The second-order valence-electron chi connectivity index (χ2n) is 7.01. The first kappa shape index (κ1) is 14.8. The van der Waals surface area contributed by atoms with Gasteiger partial charge in [-0.3, -0.25) is 9.48 Å². The van der Waals surface area contributed by atoms with E-state index in [0.29, 0.717) is 11.5 Å². The zero-order chi connectivity index (χ0) is 16.1. The van der Waals surface area contributed by atoms with Gasteiger partial charge >= 0.3 is 0 Å². The average molecular weight is 297 g/mol. The predicted molar refractivity (Wildman–Crippen MR) is 88.4 cm³/mol. The monoisotopic (exact) mass is 297 g/mol. The van der Waals surface area contributed by atoms with Crippen molar-refractivity contribution < 1.29 is 4.79 Å². The maximum Gasteiger partial charge on any atom is 0.259 e. The minimum atomic E-state index is -0.0871. The number of fused-ring (bicyclic) bond motifs is 1. The fourth-order valence-electron chi connectivity index (χ4n) is 3.78. The molecule has 1 N–H and O–H groups in total. The first-order chi connectivity index (χ1) is 10.3. The minimum absolute atomic E-state index is 0.0871. The molecule has 0 spiro atoms. The van der Waals surface area contributed by atoms with E-state index in [2.05, 4.69) is 37.3 Å². The maximum atomic E-state index is 12.6. The highest BCUT2D eigenvalue weighted by Crippen LogP contribution is 2.48. The summed E-state index contributed by atoms with van der Waals surface area (Å²) in [4.78, 5) is 12.6. The third kappa shape index (κ3) is 2.32. The smallest absolute Gasteiger partial charge is 0.259 e. The summed E-state index contributed by atoms with van der Waals surface area (Å²) in [5, 5.41) is 7.33. The zero-order valence-electron chi connectivity index (χ0n) is 13.9. The molecule has 1 heterocycles. The molecule has 1 unspecified atom stereocenters. The molecule has 0 aliphatic heterocycles. The molecule has 1 aromatic carbocycles. The van der Waals surface area contributed by atoms with Gasteiger partial charge in [0.15, 0.2) is 0 Å². The van der Waals surface area contributed by atoms with Crippen LogP contribution in [0.5, 0.6) is 0 Å². The number of carbonyl (C=O) groups is 1. The van der Waals surface area contributed by atoms with Crippen molar-refractivity contribution in [3.63, 3.8) is 0 Å². The number of benzene rings is 1. The molecule has 0 fully saturated rings. The third-order valence-electron chi connectivity index (χ3n) is 4.65. The molecule has 116 valence electrons. The second-order valence-corrected chi connectivity index (χ2v) is 7.01. The number of aryl methyl sites for hydroxylation is 2. The maximum absolute atomic E-state index is 12.6. The number of hydrogen-bond acceptors (Lipinski definition) is 2. The largest absolute Gasteiger partial charge is 0.322 e. The van der Waals surface area contributed by atoms with Gasteiger partial charge in [-0.15, -0.1) is 0 Å². The predicted octanol–water partition coefficient (Wildman–Crippen LogP) is 3.77. The molecule has 3 rings (SSSR count). The summed E-state index contributed by atoms with van der Waals surface area (Å²) in [6.45, 7) is 8.63.